The average molecular weight is 299 g/mol. The van der Waals surface area contributed by atoms with Gasteiger partial charge in [0.25, 0.3) is 0 Å². The van der Waals surface area contributed by atoms with Crippen molar-refractivity contribution in [2.75, 3.05) is 4.90 Å². The van der Waals surface area contributed by atoms with Crippen molar-refractivity contribution < 1.29 is 0 Å². The number of hydrogen-bond donors (Lipinski definition) is 0. The molecule has 0 amide bonds. The molecule has 0 saturated heterocycles. The number of hydrogen-bond acceptors (Lipinski definition) is 1. The van der Waals surface area contributed by atoms with Crippen LogP contribution in [-0.2, 0) is 6.54 Å². The molecule has 3 aromatic carbocycles. The van der Waals surface area contributed by atoms with E-state index in [2.05, 4.69) is 97.3 Å². The molecule has 0 aliphatic carbocycles. The normalized spacial score (nSPS) is 10.3. The quantitative estimate of drug-likeness (QED) is 0.560. The zero-order valence-corrected chi connectivity index (χ0v) is 13.4. The summed E-state index contributed by atoms with van der Waals surface area (Å²) in [6, 6.07) is 27.6. The lowest BCUT2D eigenvalue weighted by Gasteiger charge is -2.26. The van der Waals surface area contributed by atoms with Crippen LogP contribution in [0.25, 0.3) is 6.08 Å². The van der Waals surface area contributed by atoms with E-state index in [1.54, 1.807) is 0 Å². The van der Waals surface area contributed by atoms with Crippen molar-refractivity contribution in [3.63, 3.8) is 0 Å². The maximum absolute atomic E-state index is 3.94. The van der Waals surface area contributed by atoms with E-state index < -0.39 is 0 Å². The Kier molecular flexibility index (Phi) is 4.58. The maximum Gasteiger partial charge on any atom is 0.0487 e. The molecule has 0 fully saturated rings. The lowest BCUT2D eigenvalue weighted by Crippen LogP contribution is -2.17. The van der Waals surface area contributed by atoms with Crippen LogP contribution < -0.4 is 4.90 Å². The number of nitrogens with zero attached hydrogens (tertiary/aromatic N) is 1. The van der Waals surface area contributed by atoms with E-state index in [-0.39, 0.29) is 0 Å². The molecular weight excluding hydrogens is 278 g/mol. The van der Waals surface area contributed by atoms with Gasteiger partial charge in [-0.2, -0.15) is 0 Å². The molecule has 1 heteroatoms. The summed E-state index contributed by atoms with van der Waals surface area (Å²) in [5.74, 6) is 0. The Balaban J connectivity index is 2.04. The third kappa shape index (κ3) is 3.51. The van der Waals surface area contributed by atoms with E-state index in [1.807, 2.05) is 6.08 Å². The van der Waals surface area contributed by atoms with Crippen LogP contribution in [-0.4, -0.2) is 0 Å². The minimum atomic E-state index is 0.815. The number of aryl methyl sites for hydroxylation is 1. The molecule has 3 aromatic rings. The van der Waals surface area contributed by atoms with Crippen molar-refractivity contribution in [3.8, 4) is 0 Å². The molecule has 23 heavy (non-hydrogen) atoms. The number of benzene rings is 3. The summed E-state index contributed by atoms with van der Waals surface area (Å²) in [7, 11) is 0. The van der Waals surface area contributed by atoms with Crippen LogP contribution >= 0.6 is 0 Å². The van der Waals surface area contributed by atoms with Crippen molar-refractivity contribution in [2.45, 2.75) is 13.5 Å². The van der Waals surface area contributed by atoms with Gasteiger partial charge in [-0.25, -0.2) is 0 Å². The number of rotatable bonds is 5. The Morgan fingerprint density at radius 2 is 1.52 bits per heavy atom. The van der Waals surface area contributed by atoms with Gasteiger partial charge in [0.15, 0.2) is 0 Å². The van der Waals surface area contributed by atoms with E-state index >= 15 is 0 Å². The second-order valence-corrected chi connectivity index (χ2v) is 5.66. The third-order valence-electron chi connectivity index (χ3n) is 3.98. The highest BCUT2D eigenvalue weighted by molar-refractivity contribution is 5.65. The second kappa shape index (κ2) is 6.97. The predicted molar refractivity (Wildman–Crippen MR) is 100.0 cm³/mol. The first kappa shape index (κ1) is 15.1. The molecule has 0 saturated carbocycles. The minimum absolute atomic E-state index is 0.815. The first-order valence-electron chi connectivity index (χ1n) is 7.87. The molecule has 3 rings (SSSR count). The molecule has 0 N–H and O–H groups in total. The van der Waals surface area contributed by atoms with Crippen molar-refractivity contribution in [3.05, 3.63) is 102 Å². The van der Waals surface area contributed by atoms with Gasteiger partial charge in [0.2, 0.25) is 0 Å². The van der Waals surface area contributed by atoms with Crippen LogP contribution in [0.1, 0.15) is 16.7 Å². The van der Waals surface area contributed by atoms with Crippen molar-refractivity contribution in [1.29, 1.82) is 0 Å². The SMILES string of the molecule is C=Cc1ccccc1CN(c1ccccc1)c1cccc(C)c1. The fourth-order valence-corrected chi connectivity index (χ4v) is 2.78. The molecule has 1 nitrogen and oxygen atoms in total. The molecule has 0 aliphatic heterocycles. The van der Waals surface area contributed by atoms with E-state index in [4.69, 9.17) is 0 Å². The summed E-state index contributed by atoms with van der Waals surface area (Å²) in [5, 5.41) is 0. The predicted octanol–water partition coefficient (Wildman–Crippen LogP) is 5.98. The van der Waals surface area contributed by atoms with Gasteiger partial charge in [0.1, 0.15) is 0 Å². The zero-order chi connectivity index (χ0) is 16.1. The van der Waals surface area contributed by atoms with Crippen LogP contribution in [0.3, 0.4) is 0 Å². The van der Waals surface area contributed by atoms with Crippen LogP contribution in [0.4, 0.5) is 11.4 Å². The molecule has 0 aliphatic rings. The first-order valence-corrected chi connectivity index (χ1v) is 7.87. The summed E-state index contributed by atoms with van der Waals surface area (Å²) in [5.41, 5.74) is 6.11. The van der Waals surface area contributed by atoms with E-state index in [0.29, 0.717) is 0 Å². The third-order valence-corrected chi connectivity index (χ3v) is 3.98. The molecule has 0 spiro atoms. The number of anilines is 2. The van der Waals surface area contributed by atoms with Crippen molar-refractivity contribution in [2.24, 2.45) is 0 Å². The first-order chi connectivity index (χ1) is 11.3. The van der Waals surface area contributed by atoms with Crippen LogP contribution in [0, 0.1) is 6.92 Å². The van der Waals surface area contributed by atoms with Gasteiger partial charge < -0.3 is 4.90 Å². The number of para-hydroxylation sites is 1. The summed E-state index contributed by atoms with van der Waals surface area (Å²) in [6.07, 6.45) is 1.93. The fraction of sp³-hybridized carbons (Fsp3) is 0.0909. The molecule has 0 aromatic heterocycles. The van der Waals surface area contributed by atoms with E-state index in [9.17, 15) is 0 Å². The van der Waals surface area contributed by atoms with Crippen molar-refractivity contribution in [1.82, 2.24) is 0 Å². The lowest BCUT2D eigenvalue weighted by molar-refractivity contribution is 0.971. The summed E-state index contributed by atoms with van der Waals surface area (Å²) < 4.78 is 0. The highest BCUT2D eigenvalue weighted by Crippen LogP contribution is 2.29. The molecule has 0 atom stereocenters. The Labute approximate surface area is 138 Å². The van der Waals surface area contributed by atoms with E-state index in [1.165, 1.54) is 28.1 Å². The standard InChI is InChI=1S/C22H21N/c1-3-19-11-7-8-12-20(19)17-23(21-13-5-4-6-14-21)22-15-9-10-18(2)16-22/h3-16H,1,17H2,2H3. The van der Waals surface area contributed by atoms with Crippen LogP contribution in [0.15, 0.2) is 85.4 Å². The van der Waals surface area contributed by atoms with Gasteiger partial charge in [-0.05, 0) is 47.9 Å². The molecule has 0 heterocycles. The molecule has 0 unspecified atom stereocenters. The zero-order valence-electron chi connectivity index (χ0n) is 13.4. The largest absolute Gasteiger partial charge is 0.337 e. The van der Waals surface area contributed by atoms with Gasteiger partial charge in [-0.1, -0.05) is 67.3 Å². The van der Waals surface area contributed by atoms with Crippen LogP contribution in [0.5, 0.6) is 0 Å². The topological polar surface area (TPSA) is 3.24 Å². The molecule has 114 valence electrons. The highest BCUT2D eigenvalue weighted by Gasteiger charge is 2.11. The summed E-state index contributed by atoms with van der Waals surface area (Å²) >= 11 is 0. The van der Waals surface area contributed by atoms with Gasteiger partial charge in [-0.15, -0.1) is 0 Å². The molecule has 0 radical (unpaired) electrons. The minimum Gasteiger partial charge on any atom is -0.337 e. The second-order valence-electron chi connectivity index (χ2n) is 5.66. The average Bonchev–Trinajstić information content (AvgIpc) is 2.60. The van der Waals surface area contributed by atoms with E-state index in [0.717, 1.165) is 6.54 Å². The lowest BCUT2D eigenvalue weighted by atomic mass is 10.1. The van der Waals surface area contributed by atoms with Gasteiger partial charge in [-0.3, -0.25) is 0 Å². The summed E-state index contributed by atoms with van der Waals surface area (Å²) in [6.45, 7) is 6.88. The maximum atomic E-state index is 3.94. The fourth-order valence-electron chi connectivity index (χ4n) is 2.78. The van der Waals surface area contributed by atoms with Crippen LogP contribution in [0.2, 0.25) is 0 Å². The van der Waals surface area contributed by atoms with Gasteiger partial charge in [0, 0.05) is 17.9 Å². The van der Waals surface area contributed by atoms with Gasteiger partial charge in [0.05, 0.1) is 0 Å². The Morgan fingerprint density at radius 1 is 0.826 bits per heavy atom. The molecular formula is C22H21N. The van der Waals surface area contributed by atoms with Crippen molar-refractivity contribution >= 4 is 17.5 Å². The highest BCUT2D eigenvalue weighted by atomic mass is 15.1. The van der Waals surface area contributed by atoms with Gasteiger partial charge >= 0.3 is 0 Å². The smallest absolute Gasteiger partial charge is 0.0487 e. The Bertz CT molecular complexity index is 790. The molecule has 0 bridgehead atoms. The Morgan fingerprint density at radius 3 is 2.26 bits per heavy atom. The monoisotopic (exact) mass is 299 g/mol. The Hall–Kier alpha value is -2.80. The summed E-state index contributed by atoms with van der Waals surface area (Å²) in [4.78, 5) is 2.34.